The Morgan fingerprint density at radius 3 is 2.77 bits per heavy atom. The van der Waals surface area contributed by atoms with Crippen LogP contribution >= 0.6 is 0 Å². The lowest BCUT2D eigenvalue weighted by atomic mass is 10.2. The summed E-state index contributed by atoms with van der Waals surface area (Å²) < 4.78 is 16.4. The van der Waals surface area contributed by atoms with Crippen LogP contribution < -0.4 is 20.1 Å². The van der Waals surface area contributed by atoms with Gasteiger partial charge in [0, 0.05) is 24.8 Å². The van der Waals surface area contributed by atoms with E-state index in [2.05, 4.69) is 26.8 Å². The van der Waals surface area contributed by atoms with Gasteiger partial charge in [0.2, 0.25) is 0 Å². The molecule has 0 aliphatic heterocycles. The number of anilines is 1. The number of methoxy groups -OCH3 is 1. The highest BCUT2D eigenvalue weighted by Crippen LogP contribution is 2.29. The van der Waals surface area contributed by atoms with Crippen LogP contribution in [0.3, 0.4) is 0 Å². The number of amides is 1. The van der Waals surface area contributed by atoms with Gasteiger partial charge in [-0.3, -0.25) is 4.79 Å². The van der Waals surface area contributed by atoms with Gasteiger partial charge in [-0.15, -0.1) is 0 Å². The van der Waals surface area contributed by atoms with Crippen LogP contribution in [0.4, 0.5) is 5.82 Å². The average Bonchev–Trinajstić information content (AvgIpc) is 3.12. The molecule has 9 heteroatoms. The SMILES string of the molecule is COc1cc(C(=O)NCCNc2ncccc2C#N)ccc1OCc1c(C)noc1C. The monoisotopic (exact) mass is 421 g/mol. The summed E-state index contributed by atoms with van der Waals surface area (Å²) in [5, 5.41) is 18.8. The van der Waals surface area contributed by atoms with Crippen LogP contribution in [-0.2, 0) is 6.61 Å². The van der Waals surface area contributed by atoms with E-state index in [-0.39, 0.29) is 12.5 Å². The maximum absolute atomic E-state index is 12.5. The molecule has 31 heavy (non-hydrogen) atoms. The molecular weight excluding hydrogens is 398 g/mol. The second-order valence-corrected chi connectivity index (χ2v) is 6.65. The fourth-order valence-electron chi connectivity index (χ4n) is 2.88. The standard InChI is InChI=1S/C22H23N5O4/c1-14-18(15(2)31-27-14)13-30-19-7-6-16(11-20(19)29-3)22(28)26-10-9-25-21-17(12-23)5-4-8-24-21/h4-8,11H,9-10,13H2,1-3H3,(H,24,25)(H,26,28). The highest BCUT2D eigenvalue weighted by atomic mass is 16.5. The Balaban J connectivity index is 1.56. The van der Waals surface area contributed by atoms with Crippen molar-refractivity contribution in [1.29, 1.82) is 5.26 Å². The summed E-state index contributed by atoms with van der Waals surface area (Å²) in [4.78, 5) is 16.6. The topological polar surface area (TPSA) is 122 Å². The molecule has 0 bridgehead atoms. The summed E-state index contributed by atoms with van der Waals surface area (Å²) in [6.07, 6.45) is 1.60. The third-order valence-corrected chi connectivity index (χ3v) is 4.61. The van der Waals surface area contributed by atoms with Crippen LogP contribution in [0.25, 0.3) is 0 Å². The van der Waals surface area contributed by atoms with Gasteiger partial charge < -0.3 is 24.6 Å². The number of hydrogen-bond acceptors (Lipinski definition) is 8. The number of nitrogens with zero attached hydrogens (tertiary/aromatic N) is 3. The average molecular weight is 421 g/mol. The van der Waals surface area contributed by atoms with Gasteiger partial charge in [-0.1, -0.05) is 5.16 Å². The van der Waals surface area contributed by atoms with Crippen LogP contribution in [0, 0.1) is 25.2 Å². The number of benzene rings is 1. The molecule has 0 aliphatic rings. The van der Waals surface area contributed by atoms with Crippen LogP contribution in [0.15, 0.2) is 41.1 Å². The normalized spacial score (nSPS) is 10.3. The van der Waals surface area contributed by atoms with Gasteiger partial charge in [-0.25, -0.2) is 4.98 Å². The number of hydrogen-bond donors (Lipinski definition) is 2. The maximum Gasteiger partial charge on any atom is 0.251 e. The minimum Gasteiger partial charge on any atom is -0.493 e. The molecular formula is C22H23N5O4. The quantitative estimate of drug-likeness (QED) is 0.506. The molecule has 0 saturated heterocycles. The van der Waals surface area contributed by atoms with Crippen molar-refractivity contribution in [2.75, 3.05) is 25.5 Å². The first kappa shape index (κ1) is 21.6. The van der Waals surface area contributed by atoms with Gasteiger partial charge >= 0.3 is 0 Å². The zero-order valence-corrected chi connectivity index (χ0v) is 17.6. The van der Waals surface area contributed by atoms with E-state index >= 15 is 0 Å². The van der Waals surface area contributed by atoms with E-state index in [9.17, 15) is 4.79 Å². The van der Waals surface area contributed by atoms with Crippen molar-refractivity contribution in [2.24, 2.45) is 0 Å². The minimum absolute atomic E-state index is 0.251. The van der Waals surface area contributed by atoms with Crippen molar-refractivity contribution < 1.29 is 18.8 Å². The lowest BCUT2D eigenvalue weighted by molar-refractivity contribution is 0.0954. The van der Waals surface area contributed by atoms with E-state index < -0.39 is 0 Å². The summed E-state index contributed by atoms with van der Waals surface area (Å²) in [7, 11) is 1.52. The molecule has 1 amide bonds. The maximum atomic E-state index is 12.5. The highest BCUT2D eigenvalue weighted by molar-refractivity contribution is 5.94. The molecule has 2 aromatic heterocycles. The number of pyridine rings is 1. The lowest BCUT2D eigenvalue weighted by Crippen LogP contribution is -2.29. The van der Waals surface area contributed by atoms with Crippen LogP contribution in [0.1, 0.15) is 32.9 Å². The predicted molar refractivity (Wildman–Crippen MR) is 113 cm³/mol. The first-order chi connectivity index (χ1) is 15.0. The third-order valence-electron chi connectivity index (χ3n) is 4.61. The number of carbonyl (C=O) groups is 1. The largest absolute Gasteiger partial charge is 0.493 e. The molecule has 0 fully saturated rings. The Labute approximate surface area is 180 Å². The molecule has 3 rings (SSSR count). The van der Waals surface area contributed by atoms with Crippen molar-refractivity contribution >= 4 is 11.7 Å². The third kappa shape index (κ3) is 5.30. The second kappa shape index (κ2) is 10.1. The van der Waals surface area contributed by atoms with Gasteiger partial charge in [0.15, 0.2) is 11.5 Å². The molecule has 0 unspecified atom stereocenters. The molecule has 0 aliphatic carbocycles. The number of aromatic nitrogens is 2. The molecule has 2 N–H and O–H groups in total. The van der Waals surface area contributed by atoms with Gasteiger partial charge in [-0.2, -0.15) is 5.26 Å². The smallest absolute Gasteiger partial charge is 0.251 e. The van der Waals surface area contributed by atoms with E-state index in [0.29, 0.717) is 47.3 Å². The van der Waals surface area contributed by atoms with E-state index in [1.807, 2.05) is 13.8 Å². The Hall–Kier alpha value is -4.06. The Kier molecular flexibility index (Phi) is 7.06. The molecule has 0 saturated carbocycles. The van der Waals surface area contributed by atoms with E-state index in [1.54, 1.807) is 36.5 Å². The number of nitrogens with one attached hydrogen (secondary N) is 2. The zero-order chi connectivity index (χ0) is 22.2. The van der Waals surface area contributed by atoms with Crippen LogP contribution in [0.2, 0.25) is 0 Å². The van der Waals surface area contributed by atoms with Crippen molar-refractivity contribution in [3.05, 3.63) is 64.7 Å². The first-order valence-corrected chi connectivity index (χ1v) is 9.63. The highest BCUT2D eigenvalue weighted by Gasteiger charge is 2.14. The first-order valence-electron chi connectivity index (χ1n) is 9.63. The summed E-state index contributed by atoms with van der Waals surface area (Å²) in [5.41, 5.74) is 2.54. The summed E-state index contributed by atoms with van der Waals surface area (Å²) >= 11 is 0. The zero-order valence-electron chi connectivity index (χ0n) is 17.6. The van der Waals surface area contributed by atoms with Gasteiger partial charge in [0.1, 0.15) is 24.3 Å². The molecule has 9 nitrogen and oxygen atoms in total. The van der Waals surface area contributed by atoms with Gasteiger partial charge in [0.05, 0.1) is 23.9 Å². The molecule has 2 heterocycles. The van der Waals surface area contributed by atoms with Gasteiger partial charge in [0.25, 0.3) is 5.91 Å². The lowest BCUT2D eigenvalue weighted by Gasteiger charge is -2.13. The number of ether oxygens (including phenoxy) is 2. The van der Waals surface area contributed by atoms with E-state index in [1.165, 1.54) is 7.11 Å². The van der Waals surface area contributed by atoms with Crippen LogP contribution in [-0.4, -0.2) is 36.2 Å². The fraction of sp³-hybridized carbons (Fsp3) is 0.273. The number of nitriles is 1. The molecule has 160 valence electrons. The molecule has 1 aromatic carbocycles. The minimum atomic E-state index is -0.251. The van der Waals surface area contributed by atoms with E-state index in [4.69, 9.17) is 19.3 Å². The van der Waals surface area contributed by atoms with Crippen molar-refractivity contribution in [2.45, 2.75) is 20.5 Å². The predicted octanol–water partition coefficient (Wildman–Crippen LogP) is 2.99. The Bertz CT molecular complexity index is 1080. The number of rotatable bonds is 9. The second-order valence-electron chi connectivity index (χ2n) is 6.65. The van der Waals surface area contributed by atoms with Crippen molar-refractivity contribution in [1.82, 2.24) is 15.5 Å². The van der Waals surface area contributed by atoms with E-state index in [0.717, 1.165) is 11.3 Å². The van der Waals surface area contributed by atoms with Gasteiger partial charge in [-0.05, 0) is 44.2 Å². The number of aryl methyl sites for hydroxylation is 2. The summed E-state index contributed by atoms with van der Waals surface area (Å²) in [6.45, 7) is 4.74. The van der Waals surface area contributed by atoms with Crippen molar-refractivity contribution in [3.8, 4) is 17.6 Å². The van der Waals surface area contributed by atoms with Crippen LogP contribution in [0.5, 0.6) is 11.5 Å². The fourth-order valence-corrected chi connectivity index (χ4v) is 2.88. The molecule has 0 radical (unpaired) electrons. The van der Waals surface area contributed by atoms with Crippen molar-refractivity contribution in [3.63, 3.8) is 0 Å². The summed E-state index contributed by atoms with van der Waals surface area (Å²) in [6, 6.07) is 10.4. The number of carbonyl (C=O) groups excluding carboxylic acids is 1. The Morgan fingerprint density at radius 2 is 2.06 bits per heavy atom. The molecule has 0 atom stereocenters. The molecule has 3 aromatic rings. The Morgan fingerprint density at radius 1 is 1.23 bits per heavy atom. The summed E-state index contributed by atoms with van der Waals surface area (Å²) in [5.74, 6) is 1.90. The molecule has 0 spiro atoms.